The molecule has 0 aliphatic carbocycles. The normalized spacial score (nSPS) is 11.7. The van der Waals surface area contributed by atoms with Gasteiger partial charge in [0, 0.05) is 18.3 Å². The van der Waals surface area contributed by atoms with Crippen molar-refractivity contribution < 1.29 is 4.74 Å². The van der Waals surface area contributed by atoms with E-state index in [1.807, 2.05) is 26.0 Å². The maximum atomic E-state index is 5.62. The minimum Gasteiger partial charge on any atom is -0.491 e. The van der Waals surface area contributed by atoms with Gasteiger partial charge in [-0.1, -0.05) is 0 Å². The summed E-state index contributed by atoms with van der Waals surface area (Å²) in [7, 11) is 2.11. The first-order valence-electron chi connectivity index (χ1n) is 5.81. The fourth-order valence-corrected chi connectivity index (χ4v) is 1.41. The molecule has 0 aromatic heterocycles. The second-order valence-corrected chi connectivity index (χ2v) is 5.39. The number of nitrogens with zero attached hydrogens (tertiary/aromatic N) is 1. The van der Waals surface area contributed by atoms with Crippen molar-refractivity contribution in [3.8, 4) is 5.75 Å². The van der Waals surface area contributed by atoms with Gasteiger partial charge in [0.15, 0.2) is 0 Å². The maximum absolute atomic E-state index is 5.62. The standard InChI is InChI=1S/C14H23NO/c1-11(2)16-13-9-7-12(8-10-13)15(6)14(3,4)5/h7-11H,1-6H3. The smallest absolute Gasteiger partial charge is 0.119 e. The van der Waals surface area contributed by atoms with Crippen molar-refractivity contribution in [3.05, 3.63) is 24.3 Å². The summed E-state index contributed by atoms with van der Waals surface area (Å²) < 4.78 is 5.62. The highest BCUT2D eigenvalue weighted by Crippen LogP contribution is 2.24. The van der Waals surface area contributed by atoms with Crippen LogP contribution >= 0.6 is 0 Å². The van der Waals surface area contributed by atoms with Crippen LogP contribution in [-0.4, -0.2) is 18.7 Å². The molecular weight excluding hydrogens is 198 g/mol. The molecule has 0 saturated carbocycles. The summed E-state index contributed by atoms with van der Waals surface area (Å²) in [5.41, 5.74) is 1.35. The summed E-state index contributed by atoms with van der Waals surface area (Å²) in [6.07, 6.45) is 0.228. The predicted molar refractivity (Wildman–Crippen MR) is 70.4 cm³/mol. The summed E-state index contributed by atoms with van der Waals surface area (Å²) in [5.74, 6) is 0.932. The molecule has 2 nitrogen and oxygen atoms in total. The molecule has 0 N–H and O–H groups in total. The number of hydrogen-bond donors (Lipinski definition) is 0. The topological polar surface area (TPSA) is 12.5 Å². The molecule has 0 aliphatic heterocycles. The van der Waals surface area contributed by atoms with E-state index in [9.17, 15) is 0 Å². The lowest BCUT2D eigenvalue weighted by molar-refractivity contribution is 0.242. The highest BCUT2D eigenvalue weighted by atomic mass is 16.5. The monoisotopic (exact) mass is 221 g/mol. The van der Waals surface area contributed by atoms with Gasteiger partial charge >= 0.3 is 0 Å². The number of ether oxygens (including phenoxy) is 1. The molecule has 0 amide bonds. The average molecular weight is 221 g/mol. The molecule has 90 valence electrons. The number of rotatable bonds is 3. The van der Waals surface area contributed by atoms with Crippen molar-refractivity contribution >= 4 is 5.69 Å². The van der Waals surface area contributed by atoms with Crippen LogP contribution < -0.4 is 9.64 Å². The van der Waals surface area contributed by atoms with Gasteiger partial charge < -0.3 is 9.64 Å². The second kappa shape index (κ2) is 4.77. The van der Waals surface area contributed by atoms with Gasteiger partial charge in [-0.2, -0.15) is 0 Å². The molecule has 0 fully saturated rings. The minimum atomic E-state index is 0.139. The second-order valence-electron chi connectivity index (χ2n) is 5.39. The number of benzene rings is 1. The summed E-state index contributed by atoms with van der Waals surface area (Å²) >= 11 is 0. The van der Waals surface area contributed by atoms with Gasteiger partial charge in [-0.05, 0) is 58.9 Å². The highest BCUT2D eigenvalue weighted by Gasteiger charge is 2.17. The van der Waals surface area contributed by atoms with E-state index in [0.717, 1.165) is 5.75 Å². The molecule has 0 radical (unpaired) electrons. The number of hydrogen-bond acceptors (Lipinski definition) is 2. The molecule has 0 spiro atoms. The zero-order valence-corrected chi connectivity index (χ0v) is 11.2. The summed E-state index contributed by atoms with van der Waals surface area (Å²) in [6.45, 7) is 10.7. The van der Waals surface area contributed by atoms with Gasteiger partial charge in [0.05, 0.1) is 6.10 Å². The molecule has 0 unspecified atom stereocenters. The molecule has 1 aromatic carbocycles. The summed E-state index contributed by atoms with van der Waals surface area (Å²) in [5, 5.41) is 0. The Hall–Kier alpha value is -1.18. The molecule has 16 heavy (non-hydrogen) atoms. The fourth-order valence-electron chi connectivity index (χ4n) is 1.41. The largest absolute Gasteiger partial charge is 0.491 e. The predicted octanol–water partition coefficient (Wildman–Crippen LogP) is 3.71. The van der Waals surface area contributed by atoms with Gasteiger partial charge in [-0.15, -0.1) is 0 Å². The molecule has 0 atom stereocenters. The fraction of sp³-hybridized carbons (Fsp3) is 0.571. The third-order valence-electron chi connectivity index (χ3n) is 2.60. The third kappa shape index (κ3) is 3.44. The van der Waals surface area contributed by atoms with E-state index >= 15 is 0 Å². The first kappa shape index (κ1) is 12.9. The van der Waals surface area contributed by atoms with E-state index in [4.69, 9.17) is 4.74 Å². The van der Waals surface area contributed by atoms with Crippen molar-refractivity contribution in [2.75, 3.05) is 11.9 Å². The molecule has 0 bridgehead atoms. The first-order valence-corrected chi connectivity index (χ1v) is 5.81. The Labute approximate surface area is 99.2 Å². The van der Waals surface area contributed by atoms with Crippen LogP contribution in [0.1, 0.15) is 34.6 Å². The van der Waals surface area contributed by atoms with Gasteiger partial charge in [0.2, 0.25) is 0 Å². The van der Waals surface area contributed by atoms with Gasteiger partial charge in [-0.3, -0.25) is 0 Å². The average Bonchev–Trinajstić information content (AvgIpc) is 2.15. The van der Waals surface area contributed by atoms with Crippen LogP contribution in [0.3, 0.4) is 0 Å². The van der Waals surface area contributed by atoms with Crippen LogP contribution in [0.25, 0.3) is 0 Å². The molecule has 0 heterocycles. The first-order chi connectivity index (χ1) is 7.30. The lowest BCUT2D eigenvalue weighted by Crippen LogP contribution is -2.37. The van der Waals surface area contributed by atoms with Crippen molar-refractivity contribution in [2.24, 2.45) is 0 Å². The van der Waals surface area contributed by atoms with E-state index in [2.05, 4.69) is 44.9 Å². The van der Waals surface area contributed by atoms with Gasteiger partial charge in [-0.25, -0.2) is 0 Å². The van der Waals surface area contributed by atoms with Crippen LogP contribution in [0.15, 0.2) is 24.3 Å². The lowest BCUT2D eigenvalue weighted by Gasteiger charge is -2.34. The Morgan fingerprint density at radius 1 is 1.06 bits per heavy atom. The molecule has 1 aromatic rings. The maximum Gasteiger partial charge on any atom is 0.119 e. The van der Waals surface area contributed by atoms with Crippen LogP contribution in [0, 0.1) is 0 Å². The highest BCUT2D eigenvalue weighted by molar-refractivity contribution is 5.50. The molecule has 2 heteroatoms. The van der Waals surface area contributed by atoms with E-state index in [0.29, 0.717) is 0 Å². The van der Waals surface area contributed by atoms with Crippen molar-refractivity contribution in [3.63, 3.8) is 0 Å². The lowest BCUT2D eigenvalue weighted by atomic mass is 10.1. The van der Waals surface area contributed by atoms with Crippen molar-refractivity contribution in [1.82, 2.24) is 0 Å². The van der Waals surface area contributed by atoms with Crippen molar-refractivity contribution in [1.29, 1.82) is 0 Å². The molecule has 0 aliphatic rings. The van der Waals surface area contributed by atoms with E-state index in [1.54, 1.807) is 0 Å². The SMILES string of the molecule is CC(C)Oc1ccc(N(C)C(C)(C)C)cc1. The summed E-state index contributed by atoms with van der Waals surface area (Å²) in [4.78, 5) is 2.26. The van der Waals surface area contributed by atoms with E-state index in [-0.39, 0.29) is 11.6 Å². The Morgan fingerprint density at radius 2 is 1.56 bits per heavy atom. The Kier molecular flexibility index (Phi) is 3.84. The zero-order valence-electron chi connectivity index (χ0n) is 11.2. The molecule has 1 rings (SSSR count). The van der Waals surface area contributed by atoms with E-state index < -0.39 is 0 Å². The van der Waals surface area contributed by atoms with E-state index in [1.165, 1.54) is 5.69 Å². The third-order valence-corrected chi connectivity index (χ3v) is 2.60. The van der Waals surface area contributed by atoms with Crippen LogP contribution in [-0.2, 0) is 0 Å². The van der Waals surface area contributed by atoms with Gasteiger partial charge in [0.25, 0.3) is 0 Å². The Bertz CT molecular complexity index is 322. The minimum absolute atomic E-state index is 0.139. The van der Waals surface area contributed by atoms with Crippen LogP contribution in [0.5, 0.6) is 5.75 Å². The number of anilines is 1. The quantitative estimate of drug-likeness (QED) is 0.771. The summed E-state index contributed by atoms with van der Waals surface area (Å²) in [6, 6.07) is 8.25. The zero-order chi connectivity index (χ0) is 12.3. The van der Waals surface area contributed by atoms with Crippen molar-refractivity contribution in [2.45, 2.75) is 46.3 Å². The van der Waals surface area contributed by atoms with Gasteiger partial charge in [0.1, 0.15) is 5.75 Å². The molecular formula is C14H23NO. The Morgan fingerprint density at radius 3 is 1.94 bits per heavy atom. The Balaban J connectivity index is 2.79. The van der Waals surface area contributed by atoms with Crippen LogP contribution in [0.4, 0.5) is 5.69 Å². The molecule has 0 saturated heterocycles. The van der Waals surface area contributed by atoms with Crippen LogP contribution in [0.2, 0.25) is 0 Å².